The van der Waals surface area contributed by atoms with Gasteiger partial charge < -0.3 is 9.30 Å². The van der Waals surface area contributed by atoms with E-state index in [0.29, 0.717) is 24.3 Å². The fraction of sp³-hybridized carbons (Fsp3) is 0.560. The molecule has 9 heteroatoms. The zero-order valence-electron chi connectivity index (χ0n) is 20.0. The second kappa shape index (κ2) is 10.3. The monoisotopic (exact) mass is 491 g/mol. The van der Waals surface area contributed by atoms with Crippen LogP contribution in [0.4, 0.5) is 4.39 Å². The first-order valence-electron chi connectivity index (χ1n) is 11.9. The second-order valence-corrected chi connectivity index (χ2v) is 11.6. The Bertz CT molecular complexity index is 1170. The van der Waals surface area contributed by atoms with Gasteiger partial charge in [0, 0.05) is 31.4 Å². The quantitative estimate of drug-likeness (QED) is 0.645. The van der Waals surface area contributed by atoms with E-state index in [1.807, 2.05) is 18.2 Å². The Morgan fingerprint density at radius 1 is 1.12 bits per heavy atom. The van der Waals surface area contributed by atoms with E-state index in [2.05, 4.69) is 4.72 Å². The Balaban J connectivity index is 1.48. The van der Waals surface area contributed by atoms with Crippen molar-refractivity contribution in [2.24, 2.45) is 0 Å². The summed E-state index contributed by atoms with van der Waals surface area (Å²) in [6, 6.07) is 9.71. The lowest BCUT2D eigenvalue weighted by molar-refractivity contribution is -0.00178. The molecule has 0 spiro atoms. The molecule has 0 amide bonds. The summed E-state index contributed by atoms with van der Waals surface area (Å²) >= 11 is 0. The van der Waals surface area contributed by atoms with E-state index < -0.39 is 22.3 Å². The van der Waals surface area contributed by atoms with Crippen LogP contribution in [0.1, 0.15) is 60.9 Å². The molecule has 1 saturated carbocycles. The fourth-order valence-corrected chi connectivity index (χ4v) is 5.99. The molecule has 7 nitrogen and oxygen atoms in total. The molecule has 34 heavy (non-hydrogen) atoms. The van der Waals surface area contributed by atoms with Crippen LogP contribution in [0.5, 0.6) is 0 Å². The lowest BCUT2D eigenvalue weighted by Gasteiger charge is -2.37. The molecule has 0 unspecified atom stereocenters. The van der Waals surface area contributed by atoms with Crippen LogP contribution >= 0.6 is 0 Å². The molecule has 1 aromatic heterocycles. The van der Waals surface area contributed by atoms with E-state index in [-0.39, 0.29) is 24.1 Å². The second-order valence-electron chi connectivity index (χ2n) is 9.66. The number of benzene rings is 1. The highest BCUT2D eigenvalue weighted by Crippen LogP contribution is 2.35. The molecule has 2 atom stereocenters. The molecule has 186 valence electrons. The van der Waals surface area contributed by atoms with Crippen molar-refractivity contribution >= 4 is 10.2 Å². The minimum Gasteiger partial charge on any atom is -0.376 e. The Labute approximate surface area is 201 Å². The predicted molar refractivity (Wildman–Crippen MR) is 130 cm³/mol. The number of nitrogens with zero attached hydrogens (tertiary/aromatic N) is 2. The van der Waals surface area contributed by atoms with Crippen molar-refractivity contribution in [2.75, 3.05) is 20.7 Å². The number of hydrogen-bond donors (Lipinski definition) is 1. The first-order chi connectivity index (χ1) is 16.2. The number of hydrogen-bond acceptors (Lipinski definition) is 4. The standard InChI is InChI=1S/C25H34FN3O4S/c1-17-7-10-21-11-14-23(27-34(31,32)28(2)3)24(29(21)25(17)30)16-33-22-12-8-18(9-13-22)19-5-4-6-20(26)15-19/h4-7,10,15,18,22-24,27H,8-9,11-14,16H2,1-3H3/t18?,22?,23-,24-/m0/s1. The highest BCUT2D eigenvalue weighted by atomic mass is 32.2. The number of aromatic nitrogens is 1. The van der Waals surface area contributed by atoms with Crippen LogP contribution < -0.4 is 10.3 Å². The van der Waals surface area contributed by atoms with Crippen LogP contribution in [-0.4, -0.2) is 50.1 Å². The van der Waals surface area contributed by atoms with Gasteiger partial charge in [-0.1, -0.05) is 18.2 Å². The molecule has 2 aromatic rings. The minimum absolute atomic E-state index is 0.0294. The maximum Gasteiger partial charge on any atom is 0.279 e. The zero-order valence-corrected chi connectivity index (χ0v) is 20.9. The fourth-order valence-electron chi connectivity index (χ4n) is 5.12. The molecule has 0 bridgehead atoms. The van der Waals surface area contributed by atoms with Crippen molar-refractivity contribution in [3.63, 3.8) is 0 Å². The van der Waals surface area contributed by atoms with Gasteiger partial charge in [-0.25, -0.2) is 4.39 Å². The van der Waals surface area contributed by atoms with Gasteiger partial charge in [0.1, 0.15) is 5.82 Å². The van der Waals surface area contributed by atoms with Gasteiger partial charge in [0.2, 0.25) is 0 Å². The SMILES string of the molecule is Cc1ccc2n(c1=O)[C@@H](COC1CCC(c3cccc(F)c3)CC1)[C@@H](NS(=O)(=O)N(C)C)CC2. The smallest absolute Gasteiger partial charge is 0.279 e. The third kappa shape index (κ3) is 5.43. The molecule has 1 fully saturated rings. The van der Waals surface area contributed by atoms with Crippen molar-refractivity contribution in [2.45, 2.75) is 69.6 Å². The number of nitrogens with one attached hydrogen (secondary N) is 1. The Kier molecular flexibility index (Phi) is 7.57. The number of aryl methyl sites for hydroxylation is 2. The first kappa shape index (κ1) is 25.0. The average molecular weight is 492 g/mol. The summed E-state index contributed by atoms with van der Waals surface area (Å²) in [4.78, 5) is 13.0. The molecule has 2 heterocycles. The van der Waals surface area contributed by atoms with Gasteiger partial charge in [-0.3, -0.25) is 4.79 Å². The largest absolute Gasteiger partial charge is 0.376 e. The van der Waals surface area contributed by atoms with Gasteiger partial charge in [-0.05, 0) is 75.1 Å². The van der Waals surface area contributed by atoms with Crippen LogP contribution in [0.25, 0.3) is 0 Å². The van der Waals surface area contributed by atoms with E-state index >= 15 is 0 Å². The normalized spacial score (nSPS) is 25.3. The summed E-state index contributed by atoms with van der Waals surface area (Å²) in [5, 5.41) is 0. The molecule has 0 saturated heterocycles. The van der Waals surface area contributed by atoms with Gasteiger partial charge in [-0.15, -0.1) is 0 Å². The van der Waals surface area contributed by atoms with Gasteiger partial charge in [0.05, 0.1) is 18.8 Å². The highest BCUT2D eigenvalue weighted by Gasteiger charge is 2.35. The van der Waals surface area contributed by atoms with Gasteiger partial charge in [0.25, 0.3) is 15.8 Å². The molecular formula is C25H34FN3O4S. The number of pyridine rings is 1. The summed E-state index contributed by atoms with van der Waals surface area (Å²) in [5.74, 6) is 0.106. The third-order valence-electron chi connectivity index (χ3n) is 7.18. The molecule has 4 rings (SSSR count). The van der Waals surface area contributed by atoms with E-state index in [1.54, 1.807) is 23.6 Å². The van der Waals surface area contributed by atoms with Gasteiger partial charge >= 0.3 is 0 Å². The summed E-state index contributed by atoms with van der Waals surface area (Å²) in [7, 11) is -0.691. The Morgan fingerprint density at radius 3 is 2.53 bits per heavy atom. The maximum atomic E-state index is 13.6. The van der Waals surface area contributed by atoms with Crippen LogP contribution in [0.3, 0.4) is 0 Å². The summed E-state index contributed by atoms with van der Waals surface area (Å²) in [6.07, 6.45) is 4.74. The van der Waals surface area contributed by atoms with Crippen molar-refractivity contribution in [3.05, 3.63) is 69.4 Å². The Morgan fingerprint density at radius 2 is 1.85 bits per heavy atom. The number of fused-ring (bicyclic) bond motifs is 1. The van der Waals surface area contributed by atoms with Crippen molar-refractivity contribution in [3.8, 4) is 0 Å². The molecule has 1 aromatic carbocycles. The topological polar surface area (TPSA) is 80.6 Å². The first-order valence-corrected chi connectivity index (χ1v) is 13.4. The van der Waals surface area contributed by atoms with Gasteiger partial charge in [-0.2, -0.15) is 17.4 Å². The van der Waals surface area contributed by atoms with E-state index in [0.717, 1.165) is 41.2 Å². The van der Waals surface area contributed by atoms with Crippen LogP contribution in [0, 0.1) is 12.7 Å². The van der Waals surface area contributed by atoms with Crippen LogP contribution in [0.15, 0.2) is 41.2 Å². The van der Waals surface area contributed by atoms with Crippen molar-refractivity contribution in [1.82, 2.24) is 13.6 Å². The van der Waals surface area contributed by atoms with Crippen molar-refractivity contribution < 1.29 is 17.5 Å². The lowest BCUT2D eigenvalue weighted by atomic mass is 9.82. The molecule has 2 aliphatic rings. The Hall–Kier alpha value is -2.07. The predicted octanol–water partition coefficient (Wildman–Crippen LogP) is 3.29. The van der Waals surface area contributed by atoms with E-state index in [4.69, 9.17) is 4.74 Å². The van der Waals surface area contributed by atoms with Crippen LogP contribution in [-0.2, 0) is 21.4 Å². The average Bonchev–Trinajstić information content (AvgIpc) is 2.81. The van der Waals surface area contributed by atoms with Crippen LogP contribution in [0.2, 0.25) is 0 Å². The van der Waals surface area contributed by atoms with Gasteiger partial charge in [0.15, 0.2) is 0 Å². The summed E-state index contributed by atoms with van der Waals surface area (Å²) in [5.41, 5.74) is 2.45. The minimum atomic E-state index is -3.66. The lowest BCUT2D eigenvalue weighted by Crippen LogP contribution is -2.52. The molecular weight excluding hydrogens is 457 g/mol. The maximum absolute atomic E-state index is 13.6. The summed E-state index contributed by atoms with van der Waals surface area (Å²) < 4.78 is 50.7. The summed E-state index contributed by atoms with van der Waals surface area (Å²) in [6.45, 7) is 2.03. The number of ether oxygens (including phenoxy) is 1. The molecule has 1 aliphatic carbocycles. The van der Waals surface area contributed by atoms with Crippen molar-refractivity contribution in [1.29, 1.82) is 0 Å². The number of rotatable bonds is 7. The number of halogens is 1. The zero-order chi connectivity index (χ0) is 24.5. The molecule has 1 N–H and O–H groups in total. The van der Waals surface area contributed by atoms with E-state index in [9.17, 15) is 17.6 Å². The molecule has 1 aliphatic heterocycles. The molecule has 0 radical (unpaired) electrons. The highest BCUT2D eigenvalue weighted by molar-refractivity contribution is 7.87. The third-order valence-corrected chi connectivity index (χ3v) is 8.74. The van der Waals surface area contributed by atoms with E-state index in [1.165, 1.54) is 20.2 Å².